The highest BCUT2D eigenvalue weighted by atomic mass is 19.1. The van der Waals surface area contributed by atoms with E-state index in [0.29, 0.717) is 6.61 Å². The monoisotopic (exact) mass is 461 g/mol. The first kappa shape index (κ1) is 25.4. The van der Waals surface area contributed by atoms with Crippen LogP contribution in [0.3, 0.4) is 0 Å². The highest BCUT2D eigenvalue weighted by Gasteiger charge is 2.26. The number of anilines is 1. The summed E-state index contributed by atoms with van der Waals surface area (Å²) in [5, 5.41) is 11.8. The lowest BCUT2D eigenvalue weighted by Gasteiger charge is -2.24. The zero-order chi connectivity index (χ0) is 24.4. The molecule has 33 heavy (non-hydrogen) atoms. The quantitative estimate of drug-likeness (QED) is 0.344. The largest absolute Gasteiger partial charge is 0.491 e. The molecule has 4 amide bonds. The summed E-state index contributed by atoms with van der Waals surface area (Å²) in [4.78, 5) is 37.1. The first-order valence-electron chi connectivity index (χ1n) is 10.3. The number of halogens is 1. The number of hydrazine groups is 2. The number of benzene rings is 2. The van der Waals surface area contributed by atoms with Crippen LogP contribution in [0.25, 0.3) is 0 Å². The summed E-state index contributed by atoms with van der Waals surface area (Å²) in [6.07, 6.45) is 0. The van der Waals surface area contributed by atoms with Crippen molar-refractivity contribution in [2.24, 2.45) is 5.92 Å². The molecule has 0 saturated heterocycles. The summed E-state index contributed by atoms with van der Waals surface area (Å²) >= 11 is 0. The average Bonchev–Trinajstić information content (AvgIpc) is 2.78. The third-order valence-corrected chi connectivity index (χ3v) is 4.54. The molecule has 2 aromatic carbocycles. The lowest BCUT2D eigenvalue weighted by Crippen LogP contribution is -2.54. The zero-order valence-corrected chi connectivity index (χ0v) is 18.6. The fourth-order valence-corrected chi connectivity index (χ4v) is 2.66. The van der Waals surface area contributed by atoms with E-state index in [-0.39, 0.29) is 24.5 Å². The van der Waals surface area contributed by atoms with Gasteiger partial charge in [0.1, 0.15) is 0 Å². The van der Waals surface area contributed by atoms with Crippen LogP contribution < -0.4 is 26.4 Å². The number of nitrogens with one attached hydrogen (secondary N) is 4. The molecule has 0 bridgehead atoms. The van der Waals surface area contributed by atoms with E-state index in [1.54, 1.807) is 6.92 Å². The van der Waals surface area contributed by atoms with E-state index in [9.17, 15) is 23.9 Å². The molecule has 0 saturated carbocycles. The number of carboxylic acids is 1. The second-order valence-corrected chi connectivity index (χ2v) is 7.25. The van der Waals surface area contributed by atoms with Crippen LogP contribution in [0.15, 0.2) is 42.5 Å². The number of carbonyl (C=O) groups is 3. The minimum Gasteiger partial charge on any atom is -0.491 e. The summed E-state index contributed by atoms with van der Waals surface area (Å²) in [6.45, 7) is 5.15. The Kier molecular flexibility index (Phi) is 9.43. The smallest absolute Gasteiger partial charge is 0.341 e. The molecule has 5 N–H and O–H groups in total. The predicted octanol–water partition coefficient (Wildman–Crippen LogP) is 3.01. The Balaban J connectivity index is 1.97. The third kappa shape index (κ3) is 7.96. The molecule has 10 nitrogen and oxygen atoms in total. The zero-order valence-electron chi connectivity index (χ0n) is 18.6. The Bertz CT molecular complexity index is 970. The van der Waals surface area contributed by atoms with Crippen molar-refractivity contribution < 1.29 is 28.6 Å². The molecule has 0 aliphatic carbocycles. The van der Waals surface area contributed by atoms with E-state index < -0.39 is 29.8 Å². The van der Waals surface area contributed by atoms with Gasteiger partial charge in [-0.15, -0.1) is 5.53 Å². The molecule has 11 heteroatoms. The minimum atomic E-state index is -1.16. The molecule has 0 aliphatic rings. The number of urea groups is 2. The van der Waals surface area contributed by atoms with Crippen molar-refractivity contribution >= 4 is 23.7 Å². The van der Waals surface area contributed by atoms with E-state index in [1.807, 2.05) is 31.2 Å². The van der Waals surface area contributed by atoms with Gasteiger partial charge in [-0.05, 0) is 31.5 Å². The molecule has 178 valence electrons. The van der Waals surface area contributed by atoms with E-state index in [1.165, 1.54) is 19.1 Å². The summed E-state index contributed by atoms with van der Waals surface area (Å²) in [6, 6.07) is 9.87. The van der Waals surface area contributed by atoms with Gasteiger partial charge in [-0.25, -0.2) is 18.9 Å². The lowest BCUT2D eigenvalue weighted by atomic mass is 10.1. The van der Waals surface area contributed by atoms with Gasteiger partial charge in [-0.1, -0.05) is 36.8 Å². The van der Waals surface area contributed by atoms with Gasteiger partial charge in [0.2, 0.25) is 0 Å². The van der Waals surface area contributed by atoms with Crippen LogP contribution >= 0.6 is 0 Å². The number of nitrogens with zero attached hydrogens (tertiary/aromatic N) is 1. The van der Waals surface area contributed by atoms with Crippen LogP contribution in [0.5, 0.6) is 5.75 Å². The van der Waals surface area contributed by atoms with Crippen LogP contribution in [-0.4, -0.2) is 41.2 Å². The van der Waals surface area contributed by atoms with E-state index >= 15 is 0 Å². The maximum atomic E-state index is 13.9. The SMILES string of the molecule is CCOc1ccc(NNNC(=O)N(C[C@H](C)C(=O)O)C(=O)NCc2ccc(C)cc2)cc1F. The molecule has 0 fully saturated rings. The number of hydrogen-bond donors (Lipinski definition) is 5. The Labute approximate surface area is 191 Å². The normalized spacial score (nSPS) is 11.3. The van der Waals surface area contributed by atoms with Crippen molar-refractivity contribution in [3.05, 3.63) is 59.4 Å². The molecule has 0 aliphatic heterocycles. The third-order valence-electron chi connectivity index (χ3n) is 4.54. The maximum absolute atomic E-state index is 13.9. The molecule has 0 unspecified atom stereocenters. The molecule has 1 atom stereocenters. The Hall–Kier alpha value is -3.86. The molecule has 0 aromatic heterocycles. The van der Waals surface area contributed by atoms with Crippen LogP contribution in [0.1, 0.15) is 25.0 Å². The number of rotatable bonds is 10. The van der Waals surface area contributed by atoms with E-state index in [0.717, 1.165) is 22.1 Å². The standard InChI is InChI=1S/C22H28FN5O5/c1-4-33-19-10-9-17(11-18(19)23)25-27-26-22(32)28(13-15(3)20(29)30)21(31)24-12-16-7-5-14(2)6-8-16/h5-11,15,25,27H,4,12-13H2,1-3H3,(H,24,31)(H,26,32)(H,29,30)/t15-/m0/s1. The maximum Gasteiger partial charge on any atom is 0.341 e. The summed E-state index contributed by atoms with van der Waals surface area (Å²) in [7, 11) is 0. The Morgan fingerprint density at radius 2 is 1.82 bits per heavy atom. The summed E-state index contributed by atoms with van der Waals surface area (Å²) in [5.41, 5.74) is 9.34. The van der Waals surface area contributed by atoms with Gasteiger partial charge in [0, 0.05) is 19.2 Å². The fourth-order valence-electron chi connectivity index (χ4n) is 2.66. The van der Waals surface area contributed by atoms with Crippen molar-refractivity contribution in [2.75, 3.05) is 18.6 Å². The minimum absolute atomic E-state index is 0.0890. The van der Waals surface area contributed by atoms with Crippen molar-refractivity contribution in [3.63, 3.8) is 0 Å². The second kappa shape index (κ2) is 12.2. The number of carboxylic acid groups (broad SMARTS) is 1. The van der Waals surface area contributed by atoms with Gasteiger partial charge in [0.05, 0.1) is 18.2 Å². The highest BCUT2D eigenvalue weighted by molar-refractivity contribution is 5.93. The average molecular weight is 461 g/mol. The van der Waals surface area contributed by atoms with Crippen LogP contribution in [-0.2, 0) is 11.3 Å². The fraction of sp³-hybridized carbons (Fsp3) is 0.318. The van der Waals surface area contributed by atoms with Crippen molar-refractivity contribution in [1.82, 2.24) is 21.2 Å². The Morgan fingerprint density at radius 3 is 2.42 bits per heavy atom. The first-order chi connectivity index (χ1) is 15.7. The van der Waals surface area contributed by atoms with E-state index in [4.69, 9.17) is 4.74 Å². The van der Waals surface area contributed by atoms with Gasteiger partial charge in [-0.2, -0.15) is 0 Å². The number of amides is 4. The molecule has 0 heterocycles. The number of aliphatic carboxylic acids is 1. The van der Waals surface area contributed by atoms with Gasteiger partial charge >= 0.3 is 18.0 Å². The van der Waals surface area contributed by atoms with Gasteiger partial charge < -0.3 is 20.6 Å². The number of carbonyl (C=O) groups excluding carboxylic acids is 2. The number of aryl methyl sites for hydroxylation is 1. The van der Waals surface area contributed by atoms with Crippen molar-refractivity contribution in [3.8, 4) is 5.75 Å². The lowest BCUT2D eigenvalue weighted by molar-refractivity contribution is -0.141. The second-order valence-electron chi connectivity index (χ2n) is 7.25. The van der Waals surface area contributed by atoms with Crippen LogP contribution in [0, 0.1) is 18.7 Å². The first-order valence-corrected chi connectivity index (χ1v) is 10.3. The molecular formula is C22H28FN5O5. The van der Waals surface area contributed by atoms with Crippen LogP contribution in [0.4, 0.5) is 19.7 Å². The molecule has 0 spiro atoms. The van der Waals surface area contributed by atoms with Crippen molar-refractivity contribution in [2.45, 2.75) is 27.3 Å². The van der Waals surface area contributed by atoms with E-state index in [2.05, 4.69) is 21.7 Å². The molecule has 2 aromatic rings. The van der Waals surface area contributed by atoms with Gasteiger partial charge in [-0.3, -0.25) is 10.2 Å². The molecule has 2 rings (SSSR count). The molecule has 0 radical (unpaired) electrons. The topological polar surface area (TPSA) is 132 Å². The van der Waals surface area contributed by atoms with Crippen molar-refractivity contribution in [1.29, 1.82) is 0 Å². The number of hydrogen-bond acceptors (Lipinski definition) is 6. The summed E-state index contributed by atoms with van der Waals surface area (Å²) in [5.74, 6) is -2.65. The van der Waals surface area contributed by atoms with Gasteiger partial charge in [0.15, 0.2) is 11.6 Å². The van der Waals surface area contributed by atoms with Crippen LogP contribution in [0.2, 0.25) is 0 Å². The number of imide groups is 1. The molecular weight excluding hydrogens is 433 g/mol. The Morgan fingerprint density at radius 1 is 1.12 bits per heavy atom. The van der Waals surface area contributed by atoms with Gasteiger partial charge in [0.25, 0.3) is 0 Å². The number of ether oxygens (including phenoxy) is 1. The predicted molar refractivity (Wildman–Crippen MR) is 120 cm³/mol. The highest BCUT2D eigenvalue weighted by Crippen LogP contribution is 2.20. The summed E-state index contributed by atoms with van der Waals surface area (Å²) < 4.78 is 19.0.